The zero-order valence-electron chi connectivity index (χ0n) is 12.6. The van der Waals surface area contributed by atoms with Gasteiger partial charge >= 0.3 is 0 Å². The van der Waals surface area contributed by atoms with E-state index in [1.54, 1.807) is 35.6 Å². The molecule has 7 heteroatoms. The first-order valence-electron chi connectivity index (χ1n) is 7.30. The highest BCUT2D eigenvalue weighted by molar-refractivity contribution is 7.92. The Labute approximate surface area is 149 Å². The number of sulfonamides is 1. The van der Waals surface area contributed by atoms with Crippen molar-refractivity contribution in [1.29, 1.82) is 0 Å². The van der Waals surface area contributed by atoms with Crippen molar-refractivity contribution in [3.63, 3.8) is 0 Å². The van der Waals surface area contributed by atoms with Gasteiger partial charge in [0.2, 0.25) is 10.0 Å². The van der Waals surface area contributed by atoms with E-state index in [4.69, 9.17) is 11.6 Å². The van der Waals surface area contributed by atoms with E-state index in [0.717, 1.165) is 26.2 Å². The summed E-state index contributed by atoms with van der Waals surface area (Å²) in [6.07, 6.45) is 2.10. The molecule has 2 aromatic carbocycles. The quantitative estimate of drug-likeness (QED) is 0.703. The lowest BCUT2D eigenvalue weighted by atomic mass is 10.2. The Morgan fingerprint density at radius 1 is 1.12 bits per heavy atom. The number of nitrogens with one attached hydrogen (secondary N) is 1. The molecule has 3 aromatic rings. The van der Waals surface area contributed by atoms with Crippen molar-refractivity contribution < 1.29 is 8.42 Å². The lowest BCUT2D eigenvalue weighted by molar-refractivity contribution is 0.591. The van der Waals surface area contributed by atoms with Crippen LogP contribution in [0.25, 0.3) is 16.3 Å². The number of benzene rings is 2. The van der Waals surface area contributed by atoms with E-state index in [1.807, 2.05) is 24.3 Å². The molecule has 0 saturated carbocycles. The van der Waals surface area contributed by atoms with Gasteiger partial charge in [0.15, 0.2) is 0 Å². The van der Waals surface area contributed by atoms with Crippen molar-refractivity contribution in [2.24, 2.45) is 0 Å². The van der Waals surface area contributed by atoms with Gasteiger partial charge in [0.05, 0.1) is 15.2 Å². The minimum absolute atomic E-state index is 0.313. The first kappa shape index (κ1) is 17.1. The zero-order chi connectivity index (χ0) is 17.0. The van der Waals surface area contributed by atoms with Crippen molar-refractivity contribution in [3.05, 3.63) is 69.5 Å². The summed E-state index contributed by atoms with van der Waals surface area (Å²) < 4.78 is 27.7. The van der Waals surface area contributed by atoms with E-state index in [0.29, 0.717) is 18.0 Å². The van der Waals surface area contributed by atoms with E-state index in [2.05, 4.69) is 9.71 Å². The number of halogens is 1. The second kappa shape index (κ2) is 7.44. The molecule has 0 fully saturated rings. The largest absolute Gasteiger partial charge is 0.241 e. The first-order valence-corrected chi connectivity index (χ1v) is 10.0. The fraction of sp³-hybridized carbons (Fsp3) is 0.118. The molecule has 0 spiro atoms. The Balaban J connectivity index is 1.57. The summed E-state index contributed by atoms with van der Waals surface area (Å²) in [6.45, 7) is 0.313. The van der Waals surface area contributed by atoms with Crippen LogP contribution in [0.15, 0.2) is 53.9 Å². The van der Waals surface area contributed by atoms with Gasteiger partial charge in [-0.05, 0) is 35.9 Å². The second-order valence-electron chi connectivity index (χ2n) is 5.12. The molecular weight excluding hydrogens is 364 g/mol. The molecule has 124 valence electrons. The summed E-state index contributed by atoms with van der Waals surface area (Å²) >= 11 is 7.38. The fourth-order valence-electron chi connectivity index (χ4n) is 2.12. The summed E-state index contributed by atoms with van der Waals surface area (Å²) in [5, 5.41) is 2.69. The molecule has 3 rings (SSSR count). The molecule has 0 saturated heterocycles. The van der Waals surface area contributed by atoms with Crippen LogP contribution in [0, 0.1) is 0 Å². The molecule has 1 aromatic heterocycles. The van der Waals surface area contributed by atoms with Crippen molar-refractivity contribution in [2.75, 3.05) is 6.54 Å². The summed E-state index contributed by atoms with van der Waals surface area (Å²) in [6, 6.07) is 14.8. The third-order valence-electron chi connectivity index (χ3n) is 3.29. The monoisotopic (exact) mass is 378 g/mol. The number of aromatic nitrogens is 1. The predicted octanol–water partition coefficient (Wildman–Crippen LogP) is 4.08. The molecule has 0 aliphatic heterocycles. The Morgan fingerprint density at radius 3 is 2.62 bits per heavy atom. The smallest absolute Gasteiger partial charge is 0.233 e. The molecule has 0 aliphatic carbocycles. The van der Waals surface area contributed by atoms with Crippen molar-refractivity contribution in [2.45, 2.75) is 6.42 Å². The highest BCUT2D eigenvalue weighted by Gasteiger charge is 2.07. The van der Waals surface area contributed by atoms with E-state index < -0.39 is 10.0 Å². The summed E-state index contributed by atoms with van der Waals surface area (Å²) in [7, 11) is -3.48. The van der Waals surface area contributed by atoms with E-state index in [1.165, 1.54) is 6.08 Å². The molecule has 1 N–H and O–H groups in total. The molecule has 24 heavy (non-hydrogen) atoms. The number of thiazole rings is 1. The molecular formula is C17H15ClN2O2S2. The highest BCUT2D eigenvalue weighted by atomic mass is 35.5. The summed E-state index contributed by atoms with van der Waals surface area (Å²) in [5.41, 5.74) is 1.72. The van der Waals surface area contributed by atoms with Crippen LogP contribution in [0.2, 0.25) is 5.02 Å². The number of hydrogen-bond acceptors (Lipinski definition) is 4. The van der Waals surface area contributed by atoms with Gasteiger partial charge in [0.1, 0.15) is 0 Å². The third-order valence-corrected chi connectivity index (χ3v) is 5.74. The van der Waals surface area contributed by atoms with Crippen LogP contribution in [0.1, 0.15) is 10.6 Å². The Bertz CT molecular complexity index is 931. The standard InChI is InChI=1S/C17H15ClN2O2S2/c18-14-7-5-13(6-8-14)10-12-24(21,22)19-11-9-17-20-15-3-1-2-4-16(15)23-17/h1-8,10,12,19H,9,11H2/b12-10+. The SMILES string of the molecule is O=S(=O)(/C=C/c1ccc(Cl)cc1)NCCc1nc2ccccc2s1. The van der Waals surface area contributed by atoms with Gasteiger partial charge in [-0.25, -0.2) is 18.1 Å². The minimum Gasteiger partial charge on any atom is -0.241 e. The van der Waals surface area contributed by atoms with Gasteiger partial charge in [-0.3, -0.25) is 0 Å². The molecule has 4 nitrogen and oxygen atoms in total. The van der Waals surface area contributed by atoms with Gasteiger partial charge < -0.3 is 0 Å². The number of fused-ring (bicyclic) bond motifs is 1. The van der Waals surface area contributed by atoms with E-state index in [9.17, 15) is 8.42 Å². The average molecular weight is 379 g/mol. The molecule has 0 radical (unpaired) electrons. The van der Waals surface area contributed by atoms with Crippen molar-refractivity contribution in [1.82, 2.24) is 9.71 Å². The minimum atomic E-state index is -3.48. The van der Waals surface area contributed by atoms with Crippen LogP contribution >= 0.6 is 22.9 Å². The van der Waals surface area contributed by atoms with Gasteiger partial charge in [-0.1, -0.05) is 35.9 Å². The van der Waals surface area contributed by atoms with Crippen LogP contribution in [0.4, 0.5) is 0 Å². The zero-order valence-corrected chi connectivity index (χ0v) is 15.0. The predicted molar refractivity (Wildman–Crippen MR) is 101 cm³/mol. The van der Waals surface area contributed by atoms with Crippen LogP contribution in [0.5, 0.6) is 0 Å². The number of hydrogen-bond donors (Lipinski definition) is 1. The van der Waals surface area contributed by atoms with E-state index in [-0.39, 0.29) is 0 Å². The lowest BCUT2D eigenvalue weighted by Gasteiger charge is -2.01. The number of nitrogens with zero attached hydrogens (tertiary/aromatic N) is 1. The Hall–Kier alpha value is -1.73. The number of para-hydroxylation sites is 1. The van der Waals surface area contributed by atoms with Gasteiger partial charge in [0.25, 0.3) is 0 Å². The topological polar surface area (TPSA) is 59.1 Å². The number of rotatable bonds is 6. The summed E-state index contributed by atoms with van der Waals surface area (Å²) in [5.74, 6) is 0. The molecule has 0 atom stereocenters. The maximum absolute atomic E-state index is 12.0. The third kappa shape index (κ3) is 4.64. The molecule has 0 aliphatic rings. The first-order chi connectivity index (χ1) is 11.5. The maximum Gasteiger partial charge on any atom is 0.233 e. The van der Waals surface area contributed by atoms with Crippen LogP contribution in [-0.4, -0.2) is 19.9 Å². The molecule has 1 heterocycles. The maximum atomic E-state index is 12.0. The molecule has 0 amide bonds. The molecule has 0 unspecified atom stereocenters. The van der Waals surface area contributed by atoms with Gasteiger partial charge in [-0.2, -0.15) is 0 Å². The normalized spacial score (nSPS) is 12.2. The Kier molecular flexibility index (Phi) is 5.30. The second-order valence-corrected chi connectivity index (χ2v) is 8.32. The van der Waals surface area contributed by atoms with Crippen LogP contribution in [-0.2, 0) is 16.4 Å². The van der Waals surface area contributed by atoms with Gasteiger partial charge in [0, 0.05) is 23.4 Å². The van der Waals surface area contributed by atoms with Crippen LogP contribution < -0.4 is 4.72 Å². The fourth-order valence-corrected chi connectivity index (χ4v) is 4.03. The lowest BCUT2D eigenvalue weighted by Crippen LogP contribution is -2.23. The van der Waals surface area contributed by atoms with Crippen molar-refractivity contribution in [3.8, 4) is 0 Å². The summed E-state index contributed by atoms with van der Waals surface area (Å²) in [4.78, 5) is 4.49. The average Bonchev–Trinajstić information content (AvgIpc) is 2.97. The van der Waals surface area contributed by atoms with E-state index >= 15 is 0 Å². The Morgan fingerprint density at radius 2 is 1.88 bits per heavy atom. The molecule has 0 bridgehead atoms. The van der Waals surface area contributed by atoms with Crippen LogP contribution in [0.3, 0.4) is 0 Å². The van der Waals surface area contributed by atoms with Crippen molar-refractivity contribution >= 4 is 49.3 Å². The van der Waals surface area contributed by atoms with Gasteiger partial charge in [-0.15, -0.1) is 11.3 Å². The highest BCUT2D eigenvalue weighted by Crippen LogP contribution is 2.21.